The highest BCUT2D eigenvalue weighted by molar-refractivity contribution is 5.94. The number of carbonyl (C=O) groups is 3. The van der Waals surface area contributed by atoms with E-state index in [1.807, 2.05) is 12.2 Å². The largest absolute Gasteiger partial charge is 0.480 e. The number of pyridine rings is 1. The summed E-state index contributed by atoms with van der Waals surface area (Å²) in [5.74, 6) is -2.83. The lowest BCUT2D eigenvalue weighted by atomic mass is 10.1. The second kappa shape index (κ2) is 24.7. The fourth-order valence-corrected chi connectivity index (χ4v) is 3.70. The molecule has 3 N–H and O–H groups in total. The van der Waals surface area contributed by atoms with Gasteiger partial charge in [0.2, 0.25) is 11.9 Å². The molecule has 0 aliphatic rings. The number of rotatable bonds is 22. The average Bonchev–Trinajstić information content (AvgIpc) is 2.97. The third-order valence-electron chi connectivity index (χ3n) is 5.98. The van der Waals surface area contributed by atoms with Crippen molar-refractivity contribution in [2.75, 3.05) is 6.54 Å². The van der Waals surface area contributed by atoms with E-state index in [0.29, 0.717) is 19.3 Å². The van der Waals surface area contributed by atoms with Crippen LogP contribution >= 0.6 is 0 Å². The zero-order valence-corrected chi connectivity index (χ0v) is 24.7. The lowest BCUT2D eigenvalue weighted by Crippen LogP contribution is -2.40. The molecule has 0 saturated carbocycles. The van der Waals surface area contributed by atoms with Gasteiger partial charge < -0.3 is 15.7 Å². The van der Waals surface area contributed by atoms with Crippen LogP contribution in [0.1, 0.15) is 87.9 Å². The van der Waals surface area contributed by atoms with Crippen LogP contribution in [0.2, 0.25) is 0 Å². The number of nitrogens with one attached hydrogen (secondary N) is 2. The summed E-state index contributed by atoms with van der Waals surface area (Å²) < 4.78 is 13.5. The Balaban J connectivity index is 2.12. The molecule has 42 heavy (non-hydrogen) atoms. The van der Waals surface area contributed by atoms with Crippen molar-refractivity contribution in [3.63, 3.8) is 0 Å². The first-order chi connectivity index (χ1) is 20.5. The van der Waals surface area contributed by atoms with Crippen molar-refractivity contribution in [1.29, 1.82) is 0 Å². The minimum atomic E-state index is -1.10. The first-order valence-corrected chi connectivity index (χ1v) is 14.8. The number of carboxylic acid groups (broad SMARTS) is 1. The van der Waals surface area contributed by atoms with Gasteiger partial charge in [0.15, 0.2) is 0 Å². The third kappa shape index (κ3) is 19.1. The molecular formula is C34H46FN3O4. The molecule has 1 rings (SSSR count). The van der Waals surface area contributed by atoms with Crippen LogP contribution in [0.5, 0.6) is 0 Å². The van der Waals surface area contributed by atoms with Crippen LogP contribution < -0.4 is 10.6 Å². The second-order valence-electron chi connectivity index (χ2n) is 9.51. The van der Waals surface area contributed by atoms with Gasteiger partial charge in [0.05, 0.1) is 5.56 Å². The Hall–Kier alpha value is -4.07. The molecule has 0 fully saturated rings. The van der Waals surface area contributed by atoms with E-state index in [2.05, 4.69) is 83.3 Å². The number of hydrogen-bond donors (Lipinski definition) is 3. The molecule has 1 unspecified atom stereocenters. The Labute approximate surface area is 250 Å². The molecule has 1 aromatic heterocycles. The van der Waals surface area contributed by atoms with Gasteiger partial charge in [0.25, 0.3) is 5.91 Å². The molecule has 1 aromatic rings. The first-order valence-electron chi connectivity index (χ1n) is 14.8. The van der Waals surface area contributed by atoms with Gasteiger partial charge in [-0.3, -0.25) is 9.59 Å². The molecule has 228 valence electrons. The number of aromatic nitrogens is 1. The maximum Gasteiger partial charge on any atom is 0.326 e. The summed E-state index contributed by atoms with van der Waals surface area (Å²) in [4.78, 5) is 39.1. The molecule has 0 bridgehead atoms. The highest BCUT2D eigenvalue weighted by Crippen LogP contribution is 2.05. The normalized spacial score (nSPS) is 12.9. The summed E-state index contributed by atoms with van der Waals surface area (Å²) >= 11 is 0. The van der Waals surface area contributed by atoms with Crippen molar-refractivity contribution in [2.45, 2.75) is 83.6 Å². The Kier molecular flexibility index (Phi) is 21.1. The van der Waals surface area contributed by atoms with Crippen molar-refractivity contribution in [3.8, 4) is 0 Å². The molecule has 0 aliphatic heterocycles. The number of unbranched alkanes of at least 4 members (excludes halogenated alkanes) is 1. The SMILES string of the molecule is CCC=CCC=CCC=CCC=CCC=CCC=CCCC(=O)NC(CCCCNC(=O)c1cccnc1F)C(=O)O. The van der Waals surface area contributed by atoms with E-state index in [4.69, 9.17) is 0 Å². The smallest absolute Gasteiger partial charge is 0.326 e. The van der Waals surface area contributed by atoms with E-state index in [9.17, 15) is 23.9 Å². The van der Waals surface area contributed by atoms with Gasteiger partial charge >= 0.3 is 5.97 Å². The Morgan fingerprint density at radius 2 is 1.40 bits per heavy atom. The molecule has 1 heterocycles. The molecule has 0 aliphatic carbocycles. The first kappa shape index (κ1) is 36.0. The van der Waals surface area contributed by atoms with Crippen LogP contribution in [0.25, 0.3) is 0 Å². The maximum atomic E-state index is 13.5. The van der Waals surface area contributed by atoms with Crippen LogP contribution in [0, 0.1) is 5.95 Å². The van der Waals surface area contributed by atoms with Gasteiger partial charge in [-0.15, -0.1) is 0 Å². The van der Waals surface area contributed by atoms with E-state index < -0.39 is 23.9 Å². The predicted molar refractivity (Wildman–Crippen MR) is 167 cm³/mol. The van der Waals surface area contributed by atoms with Crippen molar-refractivity contribution >= 4 is 17.8 Å². The molecule has 0 radical (unpaired) electrons. The van der Waals surface area contributed by atoms with Crippen LogP contribution in [0.3, 0.4) is 0 Å². The monoisotopic (exact) mass is 579 g/mol. The molecular weight excluding hydrogens is 533 g/mol. The van der Waals surface area contributed by atoms with Crippen LogP contribution in [0.4, 0.5) is 4.39 Å². The molecule has 8 heteroatoms. The second-order valence-corrected chi connectivity index (χ2v) is 9.51. The highest BCUT2D eigenvalue weighted by atomic mass is 19.1. The van der Waals surface area contributed by atoms with E-state index >= 15 is 0 Å². The summed E-state index contributed by atoms with van der Waals surface area (Å²) in [5.41, 5.74) is -0.139. The van der Waals surface area contributed by atoms with Gasteiger partial charge in [-0.1, -0.05) is 79.8 Å². The quantitative estimate of drug-likeness (QED) is 0.0767. The number of hydrogen-bond acceptors (Lipinski definition) is 4. The van der Waals surface area contributed by atoms with Gasteiger partial charge in [0.1, 0.15) is 6.04 Å². The predicted octanol–water partition coefficient (Wildman–Crippen LogP) is 7.17. The maximum absolute atomic E-state index is 13.5. The molecule has 0 spiro atoms. The lowest BCUT2D eigenvalue weighted by molar-refractivity contribution is -0.142. The minimum absolute atomic E-state index is 0.139. The molecule has 0 saturated heterocycles. The standard InChI is InChI=1S/C34H46FN3O4/c1-2-3-4-5-6-7-8-9-10-11-12-13-14-15-16-17-18-19-20-26-31(39)38-30(34(41)42)25-21-22-27-37-33(40)29-24-23-28-36-32(29)35/h3-4,6-7,9-10,12-13,15-16,18-19,23-24,28,30H,2,5,8,11,14,17,20-22,25-27H2,1H3,(H,37,40)(H,38,39)(H,41,42). The number of carboxylic acids is 1. The Bertz CT molecular complexity index is 1110. The van der Waals surface area contributed by atoms with Gasteiger partial charge in [-0.2, -0.15) is 4.39 Å². The Morgan fingerprint density at radius 3 is 1.93 bits per heavy atom. The van der Waals surface area contributed by atoms with Crippen molar-refractivity contribution < 1.29 is 23.9 Å². The summed E-state index contributed by atoms with van der Waals surface area (Å²) in [6.45, 7) is 2.39. The molecule has 0 aromatic carbocycles. The van der Waals surface area contributed by atoms with E-state index in [1.165, 1.54) is 18.3 Å². The summed E-state index contributed by atoms with van der Waals surface area (Å²) in [6.07, 6.45) is 34.2. The van der Waals surface area contributed by atoms with Crippen LogP contribution in [-0.2, 0) is 9.59 Å². The van der Waals surface area contributed by atoms with Gasteiger partial charge in [-0.25, -0.2) is 9.78 Å². The van der Waals surface area contributed by atoms with Crippen molar-refractivity contribution in [2.24, 2.45) is 0 Å². The van der Waals surface area contributed by atoms with Crippen LogP contribution in [-0.4, -0.2) is 40.5 Å². The zero-order chi connectivity index (χ0) is 30.7. The van der Waals surface area contributed by atoms with E-state index in [1.54, 1.807) is 0 Å². The van der Waals surface area contributed by atoms with Crippen molar-refractivity contribution in [1.82, 2.24) is 15.6 Å². The number of aliphatic carboxylic acids is 1. The summed E-state index contributed by atoms with van der Waals surface area (Å²) in [6, 6.07) is 1.82. The van der Waals surface area contributed by atoms with Crippen LogP contribution in [0.15, 0.2) is 91.2 Å². The minimum Gasteiger partial charge on any atom is -0.480 e. The molecule has 2 amide bonds. The van der Waals surface area contributed by atoms with E-state index in [0.717, 1.165) is 38.5 Å². The Morgan fingerprint density at radius 1 is 0.857 bits per heavy atom. The summed E-state index contributed by atoms with van der Waals surface area (Å²) in [5, 5.41) is 14.6. The average molecular weight is 580 g/mol. The number of halogens is 1. The fourth-order valence-electron chi connectivity index (χ4n) is 3.70. The number of carbonyl (C=O) groups excluding carboxylic acids is 2. The number of allylic oxidation sites excluding steroid dienone is 12. The topological polar surface area (TPSA) is 108 Å². The zero-order valence-electron chi connectivity index (χ0n) is 24.7. The summed E-state index contributed by atoms with van der Waals surface area (Å²) in [7, 11) is 0. The molecule has 7 nitrogen and oxygen atoms in total. The molecule has 1 atom stereocenters. The fraction of sp³-hybridized carbons (Fsp3) is 0.412. The number of nitrogens with zero attached hydrogens (tertiary/aromatic N) is 1. The van der Waals surface area contributed by atoms with Gasteiger partial charge in [-0.05, 0) is 76.3 Å². The lowest BCUT2D eigenvalue weighted by Gasteiger charge is -2.14. The van der Waals surface area contributed by atoms with Crippen molar-refractivity contribution in [3.05, 3.63) is 103 Å². The third-order valence-corrected chi connectivity index (χ3v) is 5.98. The van der Waals surface area contributed by atoms with E-state index in [-0.39, 0.29) is 30.9 Å². The highest BCUT2D eigenvalue weighted by Gasteiger charge is 2.19. The number of amides is 2. The van der Waals surface area contributed by atoms with Gasteiger partial charge in [0, 0.05) is 19.2 Å².